The van der Waals surface area contributed by atoms with Crippen LogP contribution in [0.15, 0.2) is 54.6 Å². The first-order valence-corrected chi connectivity index (χ1v) is 16.6. The van der Waals surface area contributed by atoms with Crippen molar-refractivity contribution in [3.05, 3.63) is 65.7 Å². The standard InChI is InChI=1S/C35H46N6O8/c1-19(2)29-34(47)37-24(16-22-8-6-5-7-9-22)18-49-25-12-10-23(11-13-25)17-27(39-32(45)26-14-15-28(43)38-26)33(46)36-20(3)31(44)41-30(21(4)42)35(48)40-29/h5-13,19-21,24,26-27,29-30,42H,14-18H2,1-4H3,(H,36,46)(H,37,47)(H,38,43)(H,39,45)(H,40,48)(H,41,44)/t20-,21-,24+,26+,27+,29-,30+/m1/s1. The lowest BCUT2D eigenvalue weighted by Gasteiger charge is -2.29. The highest BCUT2D eigenvalue weighted by Gasteiger charge is 2.35. The lowest BCUT2D eigenvalue weighted by Crippen LogP contribution is -2.61. The van der Waals surface area contributed by atoms with Gasteiger partial charge in [0.25, 0.3) is 0 Å². The molecule has 7 N–H and O–H groups in total. The Morgan fingerprint density at radius 2 is 1.49 bits per heavy atom. The van der Waals surface area contributed by atoms with Crippen molar-refractivity contribution in [2.75, 3.05) is 6.61 Å². The third-order valence-electron chi connectivity index (χ3n) is 8.49. The van der Waals surface area contributed by atoms with E-state index in [9.17, 15) is 33.9 Å². The van der Waals surface area contributed by atoms with Crippen LogP contribution in [0.2, 0.25) is 0 Å². The summed E-state index contributed by atoms with van der Waals surface area (Å²) >= 11 is 0. The van der Waals surface area contributed by atoms with Gasteiger partial charge in [-0.15, -0.1) is 0 Å². The molecule has 3 heterocycles. The first-order chi connectivity index (χ1) is 23.3. The maximum atomic E-state index is 13.6. The van der Waals surface area contributed by atoms with Crippen LogP contribution in [0.4, 0.5) is 0 Å². The van der Waals surface area contributed by atoms with E-state index in [1.165, 1.54) is 13.8 Å². The number of amides is 6. The summed E-state index contributed by atoms with van der Waals surface area (Å²) in [6, 6.07) is 10.4. The van der Waals surface area contributed by atoms with Crippen molar-refractivity contribution in [3.8, 4) is 5.75 Å². The minimum atomic E-state index is -1.45. The number of aliphatic hydroxyl groups is 1. The molecule has 2 aromatic carbocycles. The van der Waals surface area contributed by atoms with E-state index in [0.717, 1.165) is 5.56 Å². The molecule has 0 radical (unpaired) electrons. The van der Waals surface area contributed by atoms with Crippen molar-refractivity contribution in [1.82, 2.24) is 31.9 Å². The number of hydrogen-bond acceptors (Lipinski definition) is 8. The molecule has 1 saturated heterocycles. The van der Waals surface area contributed by atoms with E-state index >= 15 is 0 Å². The van der Waals surface area contributed by atoms with Crippen LogP contribution in [0.1, 0.15) is 51.7 Å². The van der Waals surface area contributed by atoms with Crippen LogP contribution >= 0.6 is 0 Å². The number of aliphatic hydroxyl groups excluding tert-OH is 1. The molecule has 6 amide bonds. The number of hydrogen-bond donors (Lipinski definition) is 7. The average Bonchev–Trinajstić information content (AvgIpc) is 3.51. The van der Waals surface area contributed by atoms with Gasteiger partial charge in [-0.2, -0.15) is 0 Å². The van der Waals surface area contributed by atoms with Crippen molar-refractivity contribution < 1.29 is 38.6 Å². The van der Waals surface area contributed by atoms with Crippen molar-refractivity contribution in [1.29, 1.82) is 0 Å². The zero-order valence-electron chi connectivity index (χ0n) is 28.2. The van der Waals surface area contributed by atoms with E-state index in [2.05, 4.69) is 31.9 Å². The fraction of sp³-hybridized carbons (Fsp3) is 0.486. The second-order valence-corrected chi connectivity index (χ2v) is 13.0. The molecule has 0 unspecified atom stereocenters. The van der Waals surface area contributed by atoms with E-state index in [1.807, 2.05) is 30.3 Å². The van der Waals surface area contributed by atoms with Crippen LogP contribution in [0, 0.1) is 5.92 Å². The quantitative estimate of drug-likeness (QED) is 0.200. The Labute approximate surface area is 285 Å². The second kappa shape index (κ2) is 16.9. The first kappa shape index (κ1) is 36.8. The molecule has 14 nitrogen and oxygen atoms in total. The average molecular weight is 679 g/mol. The summed E-state index contributed by atoms with van der Waals surface area (Å²) in [6.07, 6.45) is -0.383. The summed E-state index contributed by atoms with van der Waals surface area (Å²) in [7, 11) is 0. The van der Waals surface area contributed by atoms with Crippen molar-refractivity contribution in [2.24, 2.45) is 5.92 Å². The lowest BCUT2D eigenvalue weighted by molar-refractivity contribution is -0.136. The van der Waals surface area contributed by atoms with Gasteiger partial charge in [-0.3, -0.25) is 28.8 Å². The van der Waals surface area contributed by atoms with E-state index in [4.69, 9.17) is 4.74 Å². The molecule has 49 heavy (non-hydrogen) atoms. The van der Waals surface area contributed by atoms with E-state index < -0.39 is 71.9 Å². The lowest BCUT2D eigenvalue weighted by atomic mass is 10.0. The Bertz CT molecular complexity index is 1500. The van der Waals surface area contributed by atoms with Gasteiger partial charge in [-0.25, -0.2) is 0 Å². The second-order valence-electron chi connectivity index (χ2n) is 13.0. The summed E-state index contributed by atoms with van der Waals surface area (Å²) in [6.45, 7) is 6.34. The smallest absolute Gasteiger partial charge is 0.245 e. The predicted molar refractivity (Wildman–Crippen MR) is 179 cm³/mol. The number of fused-ring (bicyclic) bond motifs is 17. The summed E-state index contributed by atoms with van der Waals surface area (Å²) in [5.41, 5.74) is 1.63. The van der Waals surface area contributed by atoms with Gasteiger partial charge < -0.3 is 41.7 Å². The fourth-order valence-electron chi connectivity index (χ4n) is 5.63. The molecule has 0 saturated carbocycles. The maximum Gasteiger partial charge on any atom is 0.245 e. The van der Waals surface area contributed by atoms with Gasteiger partial charge in [0, 0.05) is 12.8 Å². The highest BCUT2D eigenvalue weighted by molar-refractivity contribution is 5.97. The molecule has 5 rings (SSSR count). The number of ether oxygens (including phenoxy) is 1. The van der Waals surface area contributed by atoms with Gasteiger partial charge in [-0.1, -0.05) is 56.3 Å². The van der Waals surface area contributed by atoms with E-state index in [0.29, 0.717) is 17.7 Å². The zero-order chi connectivity index (χ0) is 35.7. The third-order valence-corrected chi connectivity index (χ3v) is 8.49. The predicted octanol–water partition coefficient (Wildman–Crippen LogP) is -0.376. The summed E-state index contributed by atoms with van der Waals surface area (Å²) in [4.78, 5) is 78.5. The van der Waals surface area contributed by atoms with Gasteiger partial charge in [0.05, 0.1) is 12.1 Å². The fourth-order valence-corrected chi connectivity index (χ4v) is 5.63. The van der Waals surface area contributed by atoms with Crippen molar-refractivity contribution >= 4 is 35.4 Å². The van der Waals surface area contributed by atoms with Gasteiger partial charge >= 0.3 is 0 Å². The van der Waals surface area contributed by atoms with Crippen LogP contribution in [0.25, 0.3) is 0 Å². The Morgan fingerprint density at radius 1 is 0.837 bits per heavy atom. The normalized spacial score (nSPS) is 26.4. The Morgan fingerprint density at radius 3 is 2.10 bits per heavy atom. The summed E-state index contributed by atoms with van der Waals surface area (Å²) in [5, 5.41) is 26.5. The van der Waals surface area contributed by atoms with Crippen molar-refractivity contribution in [2.45, 2.75) is 95.7 Å². The molecule has 7 atom stereocenters. The van der Waals surface area contributed by atoms with E-state index in [-0.39, 0.29) is 37.7 Å². The third kappa shape index (κ3) is 10.5. The highest BCUT2D eigenvalue weighted by Crippen LogP contribution is 2.16. The molecule has 0 aliphatic carbocycles. The van der Waals surface area contributed by atoms with Gasteiger partial charge in [0.15, 0.2) is 0 Å². The summed E-state index contributed by atoms with van der Waals surface area (Å²) < 4.78 is 6.08. The van der Waals surface area contributed by atoms with Gasteiger partial charge in [0.1, 0.15) is 42.6 Å². The number of nitrogens with one attached hydrogen (secondary N) is 6. The minimum absolute atomic E-state index is 0.0504. The molecular formula is C35H46N6O8. The molecule has 3 aliphatic rings. The van der Waals surface area contributed by atoms with Crippen LogP contribution in [-0.4, -0.2) is 89.5 Å². The summed E-state index contributed by atoms with van der Waals surface area (Å²) in [5.74, 6) is -3.34. The van der Waals surface area contributed by atoms with Crippen LogP contribution < -0.4 is 36.6 Å². The molecule has 3 aliphatic heterocycles. The molecule has 264 valence electrons. The number of carbonyl (C=O) groups is 6. The zero-order valence-corrected chi connectivity index (χ0v) is 28.2. The minimum Gasteiger partial charge on any atom is -0.491 e. The molecule has 2 aromatic rings. The van der Waals surface area contributed by atoms with Crippen LogP contribution in [0.5, 0.6) is 5.75 Å². The monoisotopic (exact) mass is 678 g/mol. The Balaban J connectivity index is 1.64. The maximum absolute atomic E-state index is 13.6. The molecule has 0 aromatic heterocycles. The topological polar surface area (TPSA) is 204 Å². The molecule has 0 spiro atoms. The first-order valence-electron chi connectivity index (χ1n) is 16.6. The van der Waals surface area contributed by atoms with E-state index in [1.54, 1.807) is 38.1 Å². The van der Waals surface area contributed by atoms with Crippen LogP contribution in [0.3, 0.4) is 0 Å². The largest absolute Gasteiger partial charge is 0.491 e. The number of benzene rings is 2. The molecule has 1 fully saturated rings. The van der Waals surface area contributed by atoms with Crippen molar-refractivity contribution in [3.63, 3.8) is 0 Å². The SMILES string of the molecule is CC(C)[C@H]1NC(=O)[C@H]([C@@H](C)O)NC(=O)[C@@H](C)NC(=O)[C@@H](NC(=O)[C@@H]2CCC(=O)N2)Cc2ccc(cc2)OC[C@H](Cc2ccccc2)NC1=O. The van der Waals surface area contributed by atoms with Gasteiger partial charge in [0.2, 0.25) is 35.4 Å². The molecule has 2 bridgehead atoms. The Hall–Kier alpha value is -4.98. The van der Waals surface area contributed by atoms with Gasteiger partial charge in [-0.05, 0) is 55.9 Å². The number of carbonyl (C=O) groups excluding carboxylic acids is 6. The number of rotatable bonds is 6. The molecule has 14 heteroatoms. The van der Waals surface area contributed by atoms with Crippen LogP contribution in [-0.2, 0) is 41.6 Å². The highest BCUT2D eigenvalue weighted by atomic mass is 16.5. The molecular weight excluding hydrogens is 632 g/mol. The Kier molecular flexibility index (Phi) is 12.7.